The van der Waals surface area contributed by atoms with Crippen LogP contribution in [0.5, 0.6) is 0 Å². The standard InChI is InChI=1S/C14H18N3O/c15-13(12-3-1-2-9-16-12)11-4-6-14(7-5-11)8-10-17-18-14/h1-3,9,11,13H,4-8,15H2. The maximum absolute atomic E-state index is 6.31. The Morgan fingerprint density at radius 3 is 2.83 bits per heavy atom. The monoisotopic (exact) mass is 244 g/mol. The molecule has 4 nitrogen and oxygen atoms in total. The van der Waals surface area contributed by atoms with E-state index in [4.69, 9.17) is 10.6 Å². The van der Waals surface area contributed by atoms with E-state index in [-0.39, 0.29) is 11.6 Å². The lowest BCUT2D eigenvalue weighted by Crippen LogP contribution is -2.36. The minimum absolute atomic E-state index is 0.0369. The Morgan fingerprint density at radius 2 is 2.22 bits per heavy atom. The van der Waals surface area contributed by atoms with Crippen molar-refractivity contribution < 1.29 is 4.84 Å². The minimum Gasteiger partial charge on any atom is -0.389 e. The highest BCUT2D eigenvalue weighted by molar-refractivity contribution is 5.59. The van der Waals surface area contributed by atoms with E-state index >= 15 is 0 Å². The Hall–Kier alpha value is -1.42. The summed E-state index contributed by atoms with van der Waals surface area (Å²) in [4.78, 5) is 9.83. The Kier molecular flexibility index (Phi) is 3.04. The molecular formula is C14H18N3O. The third-order valence-corrected chi connectivity index (χ3v) is 4.18. The molecule has 1 aromatic heterocycles. The van der Waals surface area contributed by atoms with Crippen molar-refractivity contribution in [3.05, 3.63) is 30.1 Å². The second kappa shape index (κ2) is 4.69. The van der Waals surface area contributed by atoms with Crippen LogP contribution >= 0.6 is 0 Å². The van der Waals surface area contributed by atoms with Gasteiger partial charge in [-0.2, -0.15) is 0 Å². The van der Waals surface area contributed by atoms with Crippen LogP contribution in [-0.2, 0) is 4.84 Å². The van der Waals surface area contributed by atoms with Crippen molar-refractivity contribution in [2.24, 2.45) is 16.8 Å². The smallest absolute Gasteiger partial charge is 0.143 e. The van der Waals surface area contributed by atoms with E-state index in [9.17, 15) is 0 Å². The summed E-state index contributed by atoms with van der Waals surface area (Å²) in [6.07, 6.45) is 9.76. The molecule has 1 saturated carbocycles. The van der Waals surface area contributed by atoms with Crippen LogP contribution in [0.25, 0.3) is 0 Å². The van der Waals surface area contributed by atoms with Crippen molar-refractivity contribution in [2.75, 3.05) is 0 Å². The van der Waals surface area contributed by atoms with Gasteiger partial charge in [0.15, 0.2) is 0 Å². The van der Waals surface area contributed by atoms with Crippen LogP contribution in [0.15, 0.2) is 29.6 Å². The van der Waals surface area contributed by atoms with Gasteiger partial charge in [0, 0.05) is 18.7 Å². The zero-order valence-corrected chi connectivity index (χ0v) is 10.4. The summed E-state index contributed by atoms with van der Waals surface area (Å²) in [5, 5.41) is 3.79. The summed E-state index contributed by atoms with van der Waals surface area (Å²) < 4.78 is 0. The third kappa shape index (κ3) is 2.12. The number of hydrogen-bond donors (Lipinski definition) is 1. The molecule has 1 aliphatic carbocycles. The molecule has 0 aromatic carbocycles. The van der Waals surface area contributed by atoms with Crippen molar-refractivity contribution in [3.8, 4) is 0 Å². The highest BCUT2D eigenvalue weighted by atomic mass is 16.7. The van der Waals surface area contributed by atoms with Crippen LogP contribution in [0.1, 0.15) is 43.8 Å². The zero-order valence-electron chi connectivity index (χ0n) is 10.4. The highest BCUT2D eigenvalue weighted by Crippen LogP contribution is 2.42. The fourth-order valence-electron chi connectivity index (χ4n) is 2.95. The van der Waals surface area contributed by atoms with Crippen molar-refractivity contribution >= 4 is 6.21 Å². The van der Waals surface area contributed by atoms with Crippen LogP contribution in [0, 0.1) is 5.92 Å². The molecule has 95 valence electrons. The van der Waals surface area contributed by atoms with Crippen LogP contribution in [0.4, 0.5) is 0 Å². The molecule has 1 aromatic rings. The first-order valence-corrected chi connectivity index (χ1v) is 6.57. The van der Waals surface area contributed by atoms with Crippen LogP contribution < -0.4 is 5.73 Å². The average Bonchev–Trinajstić information content (AvgIpc) is 2.88. The average molecular weight is 244 g/mol. The molecule has 0 bridgehead atoms. The number of pyridine rings is 1. The molecule has 18 heavy (non-hydrogen) atoms. The lowest BCUT2D eigenvalue weighted by molar-refractivity contribution is -0.0563. The Morgan fingerprint density at radius 1 is 1.39 bits per heavy atom. The van der Waals surface area contributed by atoms with E-state index < -0.39 is 0 Å². The fourth-order valence-corrected chi connectivity index (χ4v) is 2.95. The van der Waals surface area contributed by atoms with E-state index in [1.807, 2.05) is 24.4 Å². The SMILES string of the molecule is NC(c1ccccn1)C1CCC2(C[C]=NO2)CC1. The van der Waals surface area contributed by atoms with E-state index in [2.05, 4.69) is 16.4 Å². The van der Waals surface area contributed by atoms with Gasteiger partial charge in [-0.25, -0.2) is 0 Å². The van der Waals surface area contributed by atoms with Crippen molar-refractivity contribution in [1.82, 2.24) is 4.98 Å². The molecule has 4 heteroatoms. The van der Waals surface area contributed by atoms with Gasteiger partial charge >= 0.3 is 0 Å². The number of aromatic nitrogens is 1. The molecule has 0 amide bonds. The molecule has 1 radical (unpaired) electrons. The molecule has 2 aliphatic rings. The predicted octanol–water partition coefficient (Wildman–Crippen LogP) is 2.29. The van der Waals surface area contributed by atoms with Gasteiger partial charge in [0.2, 0.25) is 0 Å². The predicted molar refractivity (Wildman–Crippen MR) is 69.0 cm³/mol. The summed E-state index contributed by atoms with van der Waals surface area (Å²) in [6.45, 7) is 0. The van der Waals surface area contributed by atoms with E-state index in [0.717, 1.165) is 37.8 Å². The quantitative estimate of drug-likeness (QED) is 0.868. The second-order valence-electron chi connectivity index (χ2n) is 5.32. The number of nitrogens with two attached hydrogens (primary N) is 1. The van der Waals surface area contributed by atoms with Gasteiger partial charge in [0.1, 0.15) is 11.8 Å². The molecule has 1 spiro atoms. The van der Waals surface area contributed by atoms with Gasteiger partial charge < -0.3 is 10.6 Å². The van der Waals surface area contributed by atoms with Gasteiger partial charge in [-0.15, -0.1) is 0 Å². The first-order chi connectivity index (χ1) is 8.79. The normalized spacial score (nSPS) is 32.4. The van der Waals surface area contributed by atoms with Crippen LogP contribution in [0.3, 0.4) is 0 Å². The van der Waals surface area contributed by atoms with Crippen molar-refractivity contribution in [3.63, 3.8) is 0 Å². The van der Waals surface area contributed by atoms with Crippen LogP contribution in [0.2, 0.25) is 0 Å². The molecule has 2 N–H and O–H groups in total. The van der Waals surface area contributed by atoms with Gasteiger partial charge in [-0.05, 0) is 43.7 Å². The molecule has 1 fully saturated rings. The molecular weight excluding hydrogens is 226 g/mol. The Labute approximate surface area is 107 Å². The summed E-state index contributed by atoms with van der Waals surface area (Å²) >= 11 is 0. The van der Waals surface area contributed by atoms with E-state index in [0.29, 0.717) is 5.92 Å². The van der Waals surface area contributed by atoms with E-state index in [1.165, 1.54) is 0 Å². The Bertz CT molecular complexity index is 414. The largest absolute Gasteiger partial charge is 0.389 e. The zero-order chi connectivity index (χ0) is 12.4. The second-order valence-corrected chi connectivity index (χ2v) is 5.32. The maximum atomic E-state index is 6.31. The van der Waals surface area contributed by atoms with Crippen molar-refractivity contribution in [2.45, 2.75) is 43.7 Å². The lowest BCUT2D eigenvalue weighted by atomic mass is 9.74. The maximum Gasteiger partial charge on any atom is 0.143 e. The van der Waals surface area contributed by atoms with Gasteiger partial charge in [-0.3, -0.25) is 4.98 Å². The van der Waals surface area contributed by atoms with Gasteiger partial charge in [0.05, 0.1) is 5.69 Å². The van der Waals surface area contributed by atoms with Gasteiger partial charge in [0.25, 0.3) is 0 Å². The minimum atomic E-state index is -0.0691. The molecule has 1 atom stereocenters. The Balaban J connectivity index is 1.63. The lowest BCUT2D eigenvalue weighted by Gasteiger charge is -2.36. The third-order valence-electron chi connectivity index (χ3n) is 4.18. The number of nitrogens with zero attached hydrogens (tertiary/aromatic N) is 2. The summed E-state index contributed by atoms with van der Waals surface area (Å²) in [5.74, 6) is 0.495. The summed E-state index contributed by atoms with van der Waals surface area (Å²) in [5.41, 5.74) is 7.24. The van der Waals surface area contributed by atoms with Crippen molar-refractivity contribution in [1.29, 1.82) is 0 Å². The van der Waals surface area contributed by atoms with Gasteiger partial charge in [-0.1, -0.05) is 11.2 Å². The molecule has 3 rings (SSSR count). The molecule has 0 saturated heterocycles. The fraction of sp³-hybridized carbons (Fsp3) is 0.571. The number of rotatable bonds is 2. The molecule has 1 unspecified atom stereocenters. The topological polar surface area (TPSA) is 60.5 Å². The molecule has 2 heterocycles. The van der Waals surface area contributed by atoms with Crippen LogP contribution in [-0.4, -0.2) is 16.8 Å². The molecule has 1 aliphatic heterocycles. The number of hydrogen-bond acceptors (Lipinski definition) is 4. The first-order valence-electron chi connectivity index (χ1n) is 6.57. The summed E-state index contributed by atoms with van der Waals surface area (Å²) in [7, 11) is 0. The first kappa shape index (κ1) is 11.7. The van der Waals surface area contributed by atoms with E-state index in [1.54, 1.807) is 0 Å². The highest BCUT2D eigenvalue weighted by Gasteiger charge is 2.41. The summed E-state index contributed by atoms with van der Waals surface area (Å²) in [6, 6.07) is 5.97.